The van der Waals surface area contributed by atoms with E-state index in [4.69, 9.17) is 0 Å². The number of carbonyl (C=O) groups is 4. The summed E-state index contributed by atoms with van der Waals surface area (Å²) in [5.41, 5.74) is 0. The van der Waals surface area contributed by atoms with Crippen molar-refractivity contribution in [2.45, 2.75) is 51.4 Å². The Morgan fingerprint density at radius 2 is 1.00 bits per heavy atom. The largest absolute Gasteiger partial charge is 0.395 e. The molecule has 0 radical (unpaired) electrons. The summed E-state index contributed by atoms with van der Waals surface area (Å²) in [4.78, 5) is 41.2. The summed E-state index contributed by atoms with van der Waals surface area (Å²) in [6.07, 6.45) is 5.57. The maximum absolute atomic E-state index is 10.8. The Labute approximate surface area is 112 Å². The summed E-state index contributed by atoms with van der Waals surface area (Å²) in [6.45, 7) is 0.279. The van der Waals surface area contributed by atoms with Gasteiger partial charge < -0.3 is 15.6 Å². The van der Waals surface area contributed by atoms with Crippen LogP contribution in [0.4, 0.5) is 0 Å². The smallest absolute Gasteiger partial charge is 0.313 e. The SMILES string of the molecule is N.O=COC(=O)CCCCCCCCC(=O)OC=O. The number of rotatable bonds is 11. The van der Waals surface area contributed by atoms with Gasteiger partial charge in [0.1, 0.15) is 0 Å². The van der Waals surface area contributed by atoms with Gasteiger partial charge in [0, 0.05) is 12.8 Å². The van der Waals surface area contributed by atoms with E-state index in [9.17, 15) is 19.2 Å². The summed E-state index contributed by atoms with van der Waals surface area (Å²) in [5, 5.41) is 0. The minimum atomic E-state index is -0.499. The van der Waals surface area contributed by atoms with E-state index in [0.29, 0.717) is 12.8 Å². The Morgan fingerprint density at radius 1 is 0.684 bits per heavy atom. The molecule has 19 heavy (non-hydrogen) atoms. The lowest BCUT2D eigenvalue weighted by Crippen LogP contribution is -2.02. The highest BCUT2D eigenvalue weighted by molar-refractivity contribution is 5.76. The van der Waals surface area contributed by atoms with Gasteiger partial charge in [-0.2, -0.15) is 0 Å². The van der Waals surface area contributed by atoms with Crippen LogP contribution in [0.3, 0.4) is 0 Å². The molecule has 3 N–H and O–H groups in total. The highest BCUT2D eigenvalue weighted by Crippen LogP contribution is 2.09. The highest BCUT2D eigenvalue weighted by atomic mass is 16.6. The summed E-state index contributed by atoms with van der Waals surface area (Å²) < 4.78 is 8.27. The van der Waals surface area contributed by atoms with Crippen LogP contribution in [0.5, 0.6) is 0 Å². The van der Waals surface area contributed by atoms with Crippen LogP contribution in [0.2, 0.25) is 0 Å². The summed E-state index contributed by atoms with van der Waals surface area (Å²) in [6, 6.07) is 0. The van der Waals surface area contributed by atoms with Gasteiger partial charge >= 0.3 is 24.9 Å². The average Bonchev–Trinajstić information content (AvgIpc) is 2.33. The Morgan fingerprint density at radius 3 is 1.32 bits per heavy atom. The van der Waals surface area contributed by atoms with Crippen molar-refractivity contribution in [3.63, 3.8) is 0 Å². The van der Waals surface area contributed by atoms with Crippen molar-refractivity contribution >= 4 is 24.9 Å². The van der Waals surface area contributed by atoms with Crippen molar-refractivity contribution in [2.24, 2.45) is 0 Å². The van der Waals surface area contributed by atoms with Gasteiger partial charge in [0.05, 0.1) is 0 Å². The van der Waals surface area contributed by atoms with Gasteiger partial charge in [-0.15, -0.1) is 0 Å². The normalized spacial score (nSPS) is 9.05. The zero-order valence-corrected chi connectivity index (χ0v) is 11.0. The molecule has 7 heteroatoms. The molecule has 0 aromatic heterocycles. The van der Waals surface area contributed by atoms with Crippen molar-refractivity contribution in [3.8, 4) is 0 Å². The van der Waals surface area contributed by atoms with Crippen LogP contribution >= 0.6 is 0 Å². The van der Waals surface area contributed by atoms with Gasteiger partial charge in [0.25, 0.3) is 0 Å². The minimum Gasteiger partial charge on any atom is -0.395 e. The Hall–Kier alpha value is -1.76. The van der Waals surface area contributed by atoms with Crippen LogP contribution in [-0.4, -0.2) is 24.9 Å². The average molecular weight is 275 g/mol. The molecule has 0 amide bonds. The second-order valence-electron chi connectivity index (χ2n) is 3.79. The zero-order valence-electron chi connectivity index (χ0n) is 11.0. The van der Waals surface area contributed by atoms with Crippen LogP contribution in [0.25, 0.3) is 0 Å². The molecule has 0 aliphatic carbocycles. The maximum Gasteiger partial charge on any atom is 0.313 e. The summed E-state index contributed by atoms with van der Waals surface area (Å²) in [7, 11) is 0. The molecule has 0 aliphatic heterocycles. The number of hydrogen-bond donors (Lipinski definition) is 1. The third-order valence-electron chi connectivity index (χ3n) is 2.37. The van der Waals surface area contributed by atoms with Crippen molar-refractivity contribution < 1.29 is 28.7 Å². The third kappa shape index (κ3) is 14.2. The van der Waals surface area contributed by atoms with E-state index in [1.54, 1.807) is 0 Å². The van der Waals surface area contributed by atoms with E-state index in [2.05, 4.69) is 9.47 Å². The molecule has 0 fully saturated rings. The van der Waals surface area contributed by atoms with Crippen molar-refractivity contribution in [1.82, 2.24) is 6.15 Å². The van der Waals surface area contributed by atoms with Crippen LogP contribution < -0.4 is 6.15 Å². The third-order valence-corrected chi connectivity index (χ3v) is 2.37. The fraction of sp³-hybridized carbons (Fsp3) is 0.667. The van der Waals surface area contributed by atoms with Gasteiger partial charge in [0.2, 0.25) is 0 Å². The first kappa shape index (κ1) is 19.6. The van der Waals surface area contributed by atoms with Gasteiger partial charge in [0.15, 0.2) is 0 Å². The first-order chi connectivity index (χ1) is 8.70. The van der Waals surface area contributed by atoms with Gasteiger partial charge in [-0.1, -0.05) is 25.7 Å². The molecule has 0 spiro atoms. The van der Waals surface area contributed by atoms with Gasteiger partial charge in [-0.05, 0) is 12.8 Å². The fourth-order valence-electron chi connectivity index (χ4n) is 1.47. The molecular weight excluding hydrogens is 254 g/mol. The van der Waals surface area contributed by atoms with Crippen LogP contribution in [-0.2, 0) is 28.7 Å². The predicted octanol–water partition coefficient (Wildman–Crippen LogP) is 1.67. The summed E-state index contributed by atoms with van der Waals surface area (Å²) in [5.74, 6) is -0.997. The molecule has 0 bridgehead atoms. The predicted molar refractivity (Wildman–Crippen MR) is 66.3 cm³/mol. The lowest BCUT2D eigenvalue weighted by atomic mass is 10.1. The molecule has 0 aromatic rings. The second kappa shape index (κ2) is 14.3. The molecular formula is C12H21NO6. The quantitative estimate of drug-likeness (QED) is 0.263. The van der Waals surface area contributed by atoms with Crippen molar-refractivity contribution in [1.29, 1.82) is 0 Å². The topological polar surface area (TPSA) is 122 Å². The molecule has 0 aliphatic rings. The maximum atomic E-state index is 10.8. The fourth-order valence-corrected chi connectivity index (χ4v) is 1.47. The standard InChI is InChI=1S/C12H18O6.H3N/c13-9-17-11(15)7-5-3-1-2-4-6-8-12(16)18-10-14;/h9-10H,1-8H2;1H3. The zero-order chi connectivity index (χ0) is 13.6. The molecule has 0 saturated heterocycles. The number of unbranched alkanes of at least 4 members (excludes halogenated alkanes) is 5. The first-order valence-electron chi connectivity index (χ1n) is 5.97. The van der Waals surface area contributed by atoms with E-state index in [0.717, 1.165) is 25.7 Å². The molecule has 0 saturated carbocycles. The second-order valence-corrected chi connectivity index (χ2v) is 3.79. The van der Waals surface area contributed by atoms with E-state index < -0.39 is 11.9 Å². The number of ether oxygens (including phenoxy) is 2. The number of esters is 2. The lowest BCUT2D eigenvalue weighted by Gasteiger charge is -2.00. The molecule has 0 rings (SSSR count). The Bertz CT molecular complexity index is 251. The molecule has 0 unspecified atom stereocenters. The van der Waals surface area contributed by atoms with Crippen molar-refractivity contribution in [2.75, 3.05) is 0 Å². The van der Waals surface area contributed by atoms with Crippen LogP contribution in [0.15, 0.2) is 0 Å². The highest BCUT2D eigenvalue weighted by Gasteiger charge is 2.02. The van der Waals surface area contributed by atoms with Crippen LogP contribution in [0.1, 0.15) is 51.4 Å². The van der Waals surface area contributed by atoms with E-state index in [1.807, 2.05) is 0 Å². The van der Waals surface area contributed by atoms with Crippen molar-refractivity contribution in [3.05, 3.63) is 0 Å². The molecule has 7 nitrogen and oxygen atoms in total. The number of carbonyl (C=O) groups excluding carboxylic acids is 4. The minimum absolute atomic E-state index is 0. The Kier molecular flexibility index (Phi) is 14.7. The van der Waals surface area contributed by atoms with E-state index in [1.165, 1.54) is 0 Å². The molecule has 110 valence electrons. The molecule has 0 atom stereocenters. The Balaban J connectivity index is 0. The monoisotopic (exact) mass is 275 g/mol. The van der Waals surface area contributed by atoms with E-state index >= 15 is 0 Å². The van der Waals surface area contributed by atoms with E-state index in [-0.39, 0.29) is 31.9 Å². The first-order valence-corrected chi connectivity index (χ1v) is 5.97. The van der Waals surface area contributed by atoms with Gasteiger partial charge in [-0.3, -0.25) is 19.2 Å². The van der Waals surface area contributed by atoms with Gasteiger partial charge in [-0.25, -0.2) is 0 Å². The number of hydrogen-bond acceptors (Lipinski definition) is 7. The summed E-state index contributed by atoms with van der Waals surface area (Å²) >= 11 is 0. The lowest BCUT2D eigenvalue weighted by molar-refractivity contribution is -0.153. The van der Waals surface area contributed by atoms with Crippen LogP contribution in [0, 0.1) is 0 Å². The molecule has 0 aromatic carbocycles. The molecule has 0 heterocycles.